The molecule has 6 nitrogen and oxygen atoms in total. The zero-order valence-electron chi connectivity index (χ0n) is 15.7. The number of benzene rings is 2. The van der Waals surface area contributed by atoms with Gasteiger partial charge in [-0.2, -0.15) is 4.98 Å². The number of carbonyl (C=O) groups is 1. The molecule has 0 atom stereocenters. The van der Waals surface area contributed by atoms with Gasteiger partial charge in [-0.3, -0.25) is 9.69 Å². The molecule has 150 valence electrons. The Kier molecular flexibility index (Phi) is 6.28. The predicted octanol–water partition coefficient (Wildman–Crippen LogP) is 4.04. The van der Waals surface area contributed by atoms with Gasteiger partial charge in [0.25, 0.3) is 0 Å². The second kappa shape index (κ2) is 9.07. The highest BCUT2D eigenvalue weighted by atomic mass is 79.9. The highest BCUT2D eigenvalue weighted by Gasteiger charge is 2.22. The Morgan fingerprint density at radius 1 is 1.03 bits per heavy atom. The van der Waals surface area contributed by atoms with Crippen LogP contribution < -0.4 is 0 Å². The van der Waals surface area contributed by atoms with Crippen molar-refractivity contribution in [3.05, 3.63) is 69.5 Å². The summed E-state index contributed by atoms with van der Waals surface area (Å²) >= 11 is 9.33. The van der Waals surface area contributed by atoms with Crippen LogP contribution in [0.25, 0.3) is 11.4 Å². The van der Waals surface area contributed by atoms with Crippen LogP contribution in [0, 0.1) is 0 Å². The largest absolute Gasteiger partial charge is 0.340 e. The predicted molar refractivity (Wildman–Crippen MR) is 114 cm³/mol. The van der Waals surface area contributed by atoms with E-state index in [4.69, 9.17) is 16.1 Å². The Morgan fingerprint density at radius 3 is 2.41 bits per heavy atom. The molecule has 0 aliphatic carbocycles. The van der Waals surface area contributed by atoms with Crippen LogP contribution in [-0.2, 0) is 17.8 Å². The van der Waals surface area contributed by atoms with Crippen LogP contribution in [-0.4, -0.2) is 52.0 Å². The molecule has 1 amide bonds. The summed E-state index contributed by atoms with van der Waals surface area (Å²) in [5.74, 6) is 1.29. The van der Waals surface area contributed by atoms with E-state index in [0.717, 1.165) is 28.7 Å². The SMILES string of the molecule is O=C(Cc1ccc(Br)cc1)N1CCN(Cc2nc(-c3ccc(Cl)cc3)no2)CC1. The van der Waals surface area contributed by atoms with Gasteiger partial charge in [-0.15, -0.1) is 0 Å². The smallest absolute Gasteiger partial charge is 0.241 e. The molecular weight excluding hydrogens is 456 g/mol. The molecule has 0 radical (unpaired) electrons. The van der Waals surface area contributed by atoms with E-state index in [9.17, 15) is 4.79 Å². The van der Waals surface area contributed by atoms with Gasteiger partial charge < -0.3 is 9.42 Å². The lowest BCUT2D eigenvalue weighted by molar-refractivity contribution is -0.132. The number of amides is 1. The molecule has 0 bridgehead atoms. The minimum Gasteiger partial charge on any atom is -0.340 e. The number of carbonyl (C=O) groups excluding carboxylic acids is 1. The number of hydrogen-bond donors (Lipinski definition) is 0. The first-order valence-electron chi connectivity index (χ1n) is 9.40. The lowest BCUT2D eigenvalue weighted by Gasteiger charge is -2.34. The molecule has 2 heterocycles. The number of halogens is 2. The fourth-order valence-electron chi connectivity index (χ4n) is 3.27. The van der Waals surface area contributed by atoms with Crippen molar-refractivity contribution in [2.24, 2.45) is 0 Å². The first-order chi connectivity index (χ1) is 14.1. The van der Waals surface area contributed by atoms with E-state index in [0.29, 0.717) is 42.8 Å². The minimum atomic E-state index is 0.162. The van der Waals surface area contributed by atoms with Crippen molar-refractivity contribution in [3.8, 4) is 11.4 Å². The van der Waals surface area contributed by atoms with Crippen LogP contribution in [0.4, 0.5) is 0 Å². The first-order valence-corrected chi connectivity index (χ1v) is 10.6. The molecule has 4 rings (SSSR count). The minimum absolute atomic E-state index is 0.162. The summed E-state index contributed by atoms with van der Waals surface area (Å²) in [6.07, 6.45) is 0.432. The summed E-state index contributed by atoms with van der Waals surface area (Å²) in [7, 11) is 0. The lowest BCUT2D eigenvalue weighted by Crippen LogP contribution is -2.48. The van der Waals surface area contributed by atoms with Crippen LogP contribution in [0.5, 0.6) is 0 Å². The molecule has 1 fully saturated rings. The zero-order chi connectivity index (χ0) is 20.2. The van der Waals surface area contributed by atoms with Crippen molar-refractivity contribution in [1.29, 1.82) is 0 Å². The number of nitrogens with zero attached hydrogens (tertiary/aromatic N) is 4. The van der Waals surface area contributed by atoms with Gasteiger partial charge in [0.1, 0.15) is 0 Å². The summed E-state index contributed by atoms with van der Waals surface area (Å²) in [5.41, 5.74) is 1.90. The van der Waals surface area contributed by atoms with Gasteiger partial charge in [0.05, 0.1) is 13.0 Å². The van der Waals surface area contributed by atoms with Crippen LogP contribution in [0.1, 0.15) is 11.5 Å². The average Bonchev–Trinajstić information content (AvgIpc) is 3.19. The summed E-state index contributed by atoms with van der Waals surface area (Å²) in [5, 5.41) is 4.73. The molecule has 2 aromatic carbocycles. The maximum Gasteiger partial charge on any atom is 0.241 e. The highest BCUT2D eigenvalue weighted by molar-refractivity contribution is 9.10. The van der Waals surface area contributed by atoms with E-state index in [1.54, 1.807) is 12.1 Å². The Bertz CT molecular complexity index is 967. The molecular formula is C21H20BrClN4O2. The van der Waals surface area contributed by atoms with E-state index in [2.05, 4.69) is 31.0 Å². The summed E-state index contributed by atoms with van der Waals surface area (Å²) in [6, 6.07) is 15.2. The van der Waals surface area contributed by atoms with Gasteiger partial charge in [0.15, 0.2) is 0 Å². The van der Waals surface area contributed by atoms with Gasteiger partial charge in [-0.05, 0) is 42.0 Å². The van der Waals surface area contributed by atoms with Crippen molar-refractivity contribution in [2.45, 2.75) is 13.0 Å². The van der Waals surface area contributed by atoms with E-state index >= 15 is 0 Å². The van der Waals surface area contributed by atoms with E-state index in [1.165, 1.54) is 0 Å². The molecule has 0 unspecified atom stereocenters. The Labute approximate surface area is 182 Å². The van der Waals surface area contributed by atoms with Gasteiger partial charge in [-0.1, -0.05) is 44.8 Å². The maximum atomic E-state index is 12.5. The standard InChI is InChI=1S/C21H20BrClN4O2/c22-17-5-1-15(2-6-17)13-20(28)27-11-9-26(10-12-27)14-19-24-21(25-29-19)16-3-7-18(23)8-4-16/h1-8H,9-14H2. The van der Waals surface area contributed by atoms with Gasteiger partial charge >= 0.3 is 0 Å². The monoisotopic (exact) mass is 474 g/mol. The van der Waals surface area contributed by atoms with Crippen LogP contribution in [0.2, 0.25) is 5.02 Å². The molecule has 3 aromatic rings. The third kappa shape index (κ3) is 5.23. The third-order valence-electron chi connectivity index (χ3n) is 4.92. The van der Waals surface area contributed by atoms with Crippen molar-refractivity contribution < 1.29 is 9.32 Å². The van der Waals surface area contributed by atoms with Gasteiger partial charge in [0, 0.05) is 41.2 Å². The van der Waals surface area contributed by atoms with Gasteiger partial charge in [-0.25, -0.2) is 0 Å². The number of aromatic nitrogens is 2. The molecule has 29 heavy (non-hydrogen) atoms. The summed E-state index contributed by atoms with van der Waals surface area (Å²) in [6.45, 7) is 3.55. The molecule has 1 aromatic heterocycles. The molecule has 0 N–H and O–H groups in total. The normalized spacial score (nSPS) is 14.9. The van der Waals surface area contributed by atoms with Crippen molar-refractivity contribution in [2.75, 3.05) is 26.2 Å². The van der Waals surface area contributed by atoms with Gasteiger partial charge in [0.2, 0.25) is 17.6 Å². The molecule has 1 aliphatic heterocycles. The third-order valence-corrected chi connectivity index (χ3v) is 5.70. The van der Waals surface area contributed by atoms with Crippen molar-refractivity contribution in [3.63, 3.8) is 0 Å². The second-order valence-corrected chi connectivity index (χ2v) is 8.33. The fourth-order valence-corrected chi connectivity index (χ4v) is 3.66. The molecule has 1 saturated heterocycles. The topological polar surface area (TPSA) is 62.5 Å². The summed E-state index contributed by atoms with van der Waals surface area (Å²) < 4.78 is 6.41. The van der Waals surface area contributed by atoms with E-state index in [-0.39, 0.29) is 5.91 Å². The van der Waals surface area contributed by atoms with E-state index < -0.39 is 0 Å². The summed E-state index contributed by atoms with van der Waals surface area (Å²) in [4.78, 5) is 21.2. The number of piperazine rings is 1. The molecule has 0 spiro atoms. The van der Waals surface area contributed by atoms with Crippen LogP contribution in [0.3, 0.4) is 0 Å². The molecule has 0 saturated carbocycles. The number of rotatable bonds is 5. The van der Waals surface area contributed by atoms with E-state index in [1.807, 2.05) is 41.3 Å². The lowest BCUT2D eigenvalue weighted by atomic mass is 10.1. The average molecular weight is 476 g/mol. The Hall–Kier alpha value is -2.22. The fraction of sp³-hybridized carbons (Fsp3) is 0.286. The van der Waals surface area contributed by atoms with Crippen LogP contribution >= 0.6 is 27.5 Å². The first kappa shape index (κ1) is 20.1. The molecule has 1 aliphatic rings. The molecule has 8 heteroatoms. The van der Waals surface area contributed by atoms with Crippen molar-refractivity contribution in [1.82, 2.24) is 19.9 Å². The highest BCUT2D eigenvalue weighted by Crippen LogP contribution is 2.19. The second-order valence-electron chi connectivity index (χ2n) is 6.98. The zero-order valence-corrected chi connectivity index (χ0v) is 18.1. The van der Waals surface area contributed by atoms with Crippen LogP contribution in [0.15, 0.2) is 57.5 Å². The maximum absolute atomic E-state index is 12.5. The Morgan fingerprint density at radius 2 is 1.72 bits per heavy atom. The number of hydrogen-bond acceptors (Lipinski definition) is 5. The quantitative estimate of drug-likeness (QED) is 0.557. The Balaban J connectivity index is 1.28. The van der Waals surface area contributed by atoms with Crippen molar-refractivity contribution >= 4 is 33.4 Å².